The van der Waals surface area contributed by atoms with Crippen LogP contribution in [0.3, 0.4) is 0 Å². The maximum Gasteiger partial charge on any atom is 0.255 e. The monoisotopic (exact) mass is 480 g/mol. The minimum Gasteiger partial charge on any atom is -0.493 e. The Morgan fingerprint density at radius 1 is 1.03 bits per heavy atom. The highest BCUT2D eigenvalue weighted by Crippen LogP contribution is 2.39. The summed E-state index contributed by atoms with van der Waals surface area (Å²) in [6.45, 7) is -0.336. The van der Waals surface area contributed by atoms with Gasteiger partial charge in [-0.2, -0.15) is 0 Å². The average molecular weight is 481 g/mol. The smallest absolute Gasteiger partial charge is 0.255 e. The average Bonchev–Trinajstić information content (AvgIpc) is 3.39. The third-order valence-corrected chi connectivity index (χ3v) is 6.83. The van der Waals surface area contributed by atoms with Crippen LogP contribution >= 0.6 is 11.3 Å². The van der Waals surface area contributed by atoms with Gasteiger partial charge in [-0.1, -0.05) is 24.3 Å². The molecule has 34 heavy (non-hydrogen) atoms. The molecule has 1 aromatic heterocycles. The lowest BCUT2D eigenvalue weighted by atomic mass is 9.89. The van der Waals surface area contributed by atoms with Crippen molar-refractivity contribution in [2.75, 3.05) is 20.8 Å². The summed E-state index contributed by atoms with van der Waals surface area (Å²) in [5.41, 5.74) is 9.35. The molecule has 1 aliphatic carbocycles. The maximum absolute atomic E-state index is 13.4. The Balaban J connectivity index is 1.65. The fraction of sp³-hybridized carbons (Fsp3) is 0.308. The second-order valence-corrected chi connectivity index (χ2v) is 9.10. The second kappa shape index (κ2) is 10.6. The number of thiophene rings is 1. The first-order valence-electron chi connectivity index (χ1n) is 11.1. The number of carbonyl (C=O) groups is 2. The van der Waals surface area contributed by atoms with E-state index in [0.717, 1.165) is 23.3 Å². The van der Waals surface area contributed by atoms with Gasteiger partial charge in [0.25, 0.3) is 11.8 Å². The van der Waals surface area contributed by atoms with Crippen molar-refractivity contribution in [2.24, 2.45) is 5.73 Å². The van der Waals surface area contributed by atoms with Crippen LogP contribution in [0.15, 0.2) is 47.8 Å². The van der Waals surface area contributed by atoms with E-state index in [4.69, 9.17) is 19.9 Å². The molecule has 0 saturated heterocycles. The number of amides is 2. The Labute approximate surface area is 202 Å². The van der Waals surface area contributed by atoms with E-state index >= 15 is 0 Å². The summed E-state index contributed by atoms with van der Waals surface area (Å²) in [5, 5.41) is 5.18. The van der Waals surface area contributed by atoms with E-state index in [-0.39, 0.29) is 35.8 Å². The molecule has 0 aliphatic heterocycles. The summed E-state index contributed by atoms with van der Waals surface area (Å²) < 4.78 is 16.3. The van der Waals surface area contributed by atoms with Crippen molar-refractivity contribution >= 4 is 23.2 Å². The number of methoxy groups -OCH3 is 2. The number of nitrogens with one attached hydrogen (secondary N) is 1. The van der Waals surface area contributed by atoms with Gasteiger partial charge in [0, 0.05) is 10.4 Å². The summed E-state index contributed by atoms with van der Waals surface area (Å²) in [5.74, 6) is -0.159. The molecule has 7 nitrogen and oxygen atoms in total. The van der Waals surface area contributed by atoms with E-state index in [2.05, 4.69) is 23.5 Å². The Morgan fingerprint density at radius 2 is 1.74 bits per heavy atom. The number of fused-ring (bicyclic) bond motifs is 1. The third-order valence-electron chi connectivity index (χ3n) is 5.89. The van der Waals surface area contributed by atoms with E-state index in [1.165, 1.54) is 38.2 Å². The van der Waals surface area contributed by atoms with Gasteiger partial charge in [0.05, 0.1) is 20.3 Å². The van der Waals surface area contributed by atoms with Crippen molar-refractivity contribution < 1.29 is 23.8 Å². The van der Waals surface area contributed by atoms with Crippen LogP contribution in [-0.4, -0.2) is 32.6 Å². The predicted molar refractivity (Wildman–Crippen MR) is 131 cm³/mol. The zero-order valence-corrected chi connectivity index (χ0v) is 20.1. The van der Waals surface area contributed by atoms with Gasteiger partial charge < -0.3 is 25.3 Å². The SMILES string of the molecule is COc1cc(C(=O)NC(c2ccc3c(c2)CCCC3)c2cccs2)cc(OC)c1OCC(N)=O. The molecule has 1 heterocycles. The normalized spacial score (nSPS) is 13.5. The first-order valence-corrected chi connectivity index (χ1v) is 12.0. The Kier molecular flexibility index (Phi) is 7.37. The van der Waals surface area contributed by atoms with Crippen molar-refractivity contribution in [1.82, 2.24) is 5.32 Å². The number of rotatable bonds is 9. The highest BCUT2D eigenvalue weighted by atomic mass is 32.1. The molecule has 4 rings (SSSR count). The van der Waals surface area contributed by atoms with Gasteiger partial charge in [-0.05, 0) is 66.0 Å². The molecule has 0 spiro atoms. The second-order valence-electron chi connectivity index (χ2n) is 8.12. The molecule has 1 atom stereocenters. The van der Waals surface area contributed by atoms with Crippen LogP contribution in [-0.2, 0) is 17.6 Å². The molecule has 3 aromatic rings. The standard InChI is InChI=1S/C26H28N2O5S/c1-31-20-13-19(14-21(32-2)25(20)33-15-23(27)29)26(30)28-24(22-8-5-11-34-22)18-10-9-16-6-3-4-7-17(16)12-18/h5,8-14,24H,3-4,6-7,15H2,1-2H3,(H2,27,29)(H,28,30). The number of benzene rings is 2. The molecule has 0 radical (unpaired) electrons. The van der Waals surface area contributed by atoms with Gasteiger partial charge in [0.15, 0.2) is 18.1 Å². The molecule has 0 bridgehead atoms. The number of ether oxygens (including phenoxy) is 3. The van der Waals surface area contributed by atoms with E-state index < -0.39 is 5.91 Å². The predicted octanol–water partition coefficient (Wildman–Crippen LogP) is 4.03. The fourth-order valence-electron chi connectivity index (χ4n) is 4.22. The van der Waals surface area contributed by atoms with Gasteiger partial charge in [-0.3, -0.25) is 9.59 Å². The number of aryl methyl sites for hydroxylation is 2. The maximum atomic E-state index is 13.4. The van der Waals surface area contributed by atoms with Crippen LogP contribution < -0.4 is 25.3 Å². The topological polar surface area (TPSA) is 99.9 Å². The van der Waals surface area contributed by atoms with Crippen molar-refractivity contribution in [3.05, 3.63) is 75.0 Å². The molecule has 178 valence electrons. The van der Waals surface area contributed by atoms with Crippen molar-refractivity contribution in [3.8, 4) is 17.2 Å². The van der Waals surface area contributed by atoms with E-state index in [1.54, 1.807) is 23.5 Å². The van der Waals surface area contributed by atoms with E-state index in [1.807, 2.05) is 17.5 Å². The summed E-state index contributed by atoms with van der Waals surface area (Å²) >= 11 is 1.60. The van der Waals surface area contributed by atoms with Gasteiger partial charge in [0.1, 0.15) is 0 Å². The largest absolute Gasteiger partial charge is 0.493 e. The van der Waals surface area contributed by atoms with Crippen LogP contribution in [0.25, 0.3) is 0 Å². The van der Waals surface area contributed by atoms with E-state index in [0.29, 0.717) is 5.56 Å². The molecule has 8 heteroatoms. The number of hydrogen-bond donors (Lipinski definition) is 2. The van der Waals surface area contributed by atoms with Gasteiger partial charge in [0.2, 0.25) is 5.75 Å². The molecule has 1 unspecified atom stereocenters. The highest BCUT2D eigenvalue weighted by Gasteiger charge is 2.23. The molecule has 1 aliphatic rings. The first-order chi connectivity index (χ1) is 16.5. The number of primary amides is 1. The molecule has 2 aromatic carbocycles. The molecular formula is C26H28N2O5S. The molecular weight excluding hydrogens is 452 g/mol. The van der Waals surface area contributed by atoms with E-state index in [9.17, 15) is 9.59 Å². The lowest BCUT2D eigenvalue weighted by Crippen LogP contribution is -2.29. The van der Waals surface area contributed by atoms with Gasteiger partial charge in [-0.15, -0.1) is 11.3 Å². The zero-order valence-electron chi connectivity index (χ0n) is 19.3. The third kappa shape index (κ3) is 5.17. The summed E-state index contributed by atoms with van der Waals surface area (Å²) in [4.78, 5) is 25.6. The number of hydrogen-bond acceptors (Lipinski definition) is 6. The van der Waals surface area contributed by atoms with Crippen LogP contribution in [0.5, 0.6) is 17.2 Å². The minimum absolute atomic E-state index is 0.213. The highest BCUT2D eigenvalue weighted by molar-refractivity contribution is 7.10. The lowest BCUT2D eigenvalue weighted by Gasteiger charge is -2.22. The Hall–Kier alpha value is -3.52. The molecule has 0 saturated carbocycles. The van der Waals surface area contributed by atoms with Gasteiger partial charge >= 0.3 is 0 Å². The lowest BCUT2D eigenvalue weighted by molar-refractivity contribution is -0.120. The Morgan fingerprint density at radius 3 is 2.35 bits per heavy atom. The summed E-state index contributed by atoms with van der Waals surface area (Å²) in [6.07, 6.45) is 4.58. The van der Waals surface area contributed by atoms with Gasteiger partial charge in [-0.25, -0.2) is 0 Å². The van der Waals surface area contributed by atoms with Crippen LogP contribution in [0.1, 0.15) is 50.8 Å². The summed E-state index contributed by atoms with van der Waals surface area (Å²) in [6, 6.07) is 13.4. The van der Waals surface area contributed by atoms with Crippen molar-refractivity contribution in [1.29, 1.82) is 0 Å². The molecule has 2 amide bonds. The van der Waals surface area contributed by atoms with Crippen LogP contribution in [0.2, 0.25) is 0 Å². The van der Waals surface area contributed by atoms with Crippen molar-refractivity contribution in [3.63, 3.8) is 0 Å². The summed E-state index contributed by atoms with van der Waals surface area (Å²) in [7, 11) is 2.91. The van der Waals surface area contributed by atoms with Crippen molar-refractivity contribution in [2.45, 2.75) is 31.7 Å². The van der Waals surface area contributed by atoms with Crippen LogP contribution in [0, 0.1) is 0 Å². The zero-order chi connectivity index (χ0) is 24.1. The number of carbonyl (C=O) groups excluding carboxylic acids is 2. The Bertz CT molecular complexity index is 1150. The quantitative estimate of drug-likeness (QED) is 0.482. The minimum atomic E-state index is -0.630. The number of nitrogens with two attached hydrogens (primary N) is 1. The first kappa shape index (κ1) is 23.6. The molecule has 0 fully saturated rings. The molecule has 3 N–H and O–H groups in total. The fourth-order valence-corrected chi connectivity index (χ4v) is 5.02. The van der Waals surface area contributed by atoms with Crippen LogP contribution in [0.4, 0.5) is 0 Å².